The molecule has 0 atom stereocenters. The van der Waals surface area contributed by atoms with Gasteiger partial charge in [0.05, 0.1) is 16.8 Å². The van der Waals surface area contributed by atoms with Gasteiger partial charge in [0.15, 0.2) is 0 Å². The third-order valence-corrected chi connectivity index (χ3v) is 2.19. The Morgan fingerprint density at radius 3 is 2.80 bits per heavy atom. The van der Waals surface area contributed by atoms with Crippen molar-refractivity contribution in [1.29, 1.82) is 0 Å². The molecule has 1 aromatic heterocycles. The van der Waals surface area contributed by atoms with Gasteiger partial charge in [-0.1, -0.05) is 18.2 Å². The number of pyridine rings is 1. The molecule has 2 aromatic rings. The zero-order valence-corrected chi connectivity index (χ0v) is 7.90. The van der Waals surface area contributed by atoms with E-state index in [9.17, 15) is 9.18 Å². The van der Waals surface area contributed by atoms with Crippen LogP contribution in [0, 0.1) is 0 Å². The van der Waals surface area contributed by atoms with E-state index in [1.54, 1.807) is 24.3 Å². The normalized spacial score (nSPS) is 10.5. The minimum Gasteiger partial charge on any atom is -0.366 e. The van der Waals surface area contributed by atoms with Crippen molar-refractivity contribution in [3.63, 3.8) is 0 Å². The van der Waals surface area contributed by atoms with E-state index in [0.717, 1.165) is 5.39 Å². The van der Waals surface area contributed by atoms with E-state index in [-0.39, 0.29) is 11.3 Å². The quantitative estimate of drug-likeness (QED) is 0.810. The summed E-state index contributed by atoms with van der Waals surface area (Å²) >= 11 is 0. The van der Waals surface area contributed by atoms with Crippen LogP contribution in [0.5, 0.6) is 0 Å². The maximum atomic E-state index is 12.6. The number of nitrogens with two attached hydrogens (primary N) is 1. The van der Waals surface area contributed by atoms with Crippen molar-refractivity contribution in [3.05, 3.63) is 41.6 Å². The van der Waals surface area contributed by atoms with Crippen molar-refractivity contribution in [2.24, 2.45) is 5.73 Å². The third kappa shape index (κ3) is 1.66. The minimum atomic E-state index is -0.789. The van der Waals surface area contributed by atoms with Gasteiger partial charge in [0.1, 0.15) is 6.67 Å². The van der Waals surface area contributed by atoms with E-state index in [1.165, 1.54) is 0 Å². The molecular formula is C11H9FN2O. The number of nitrogens with zero attached hydrogens (tertiary/aromatic N) is 1. The summed E-state index contributed by atoms with van der Waals surface area (Å²) in [6.07, 6.45) is 0. The van der Waals surface area contributed by atoms with E-state index >= 15 is 0 Å². The monoisotopic (exact) mass is 204 g/mol. The second kappa shape index (κ2) is 3.65. The van der Waals surface area contributed by atoms with E-state index in [2.05, 4.69) is 4.98 Å². The Hall–Kier alpha value is -1.97. The van der Waals surface area contributed by atoms with Crippen LogP contribution in [0.25, 0.3) is 10.9 Å². The van der Waals surface area contributed by atoms with Crippen LogP contribution >= 0.6 is 0 Å². The number of fused-ring (bicyclic) bond motifs is 1. The van der Waals surface area contributed by atoms with Gasteiger partial charge in [-0.3, -0.25) is 4.79 Å². The van der Waals surface area contributed by atoms with Crippen molar-refractivity contribution in [3.8, 4) is 0 Å². The van der Waals surface area contributed by atoms with Crippen LogP contribution in [-0.4, -0.2) is 10.9 Å². The molecule has 1 aromatic carbocycles. The van der Waals surface area contributed by atoms with Gasteiger partial charge in [0, 0.05) is 5.39 Å². The summed E-state index contributed by atoms with van der Waals surface area (Å²) in [7, 11) is 0. The molecule has 2 rings (SSSR count). The fraction of sp³-hybridized carbons (Fsp3) is 0.0909. The molecule has 0 fully saturated rings. The Labute approximate surface area is 85.7 Å². The highest BCUT2D eigenvalue weighted by atomic mass is 19.1. The smallest absolute Gasteiger partial charge is 0.250 e. The maximum absolute atomic E-state index is 12.6. The van der Waals surface area contributed by atoms with E-state index in [0.29, 0.717) is 5.52 Å². The topological polar surface area (TPSA) is 56.0 Å². The molecule has 15 heavy (non-hydrogen) atoms. The third-order valence-electron chi connectivity index (χ3n) is 2.19. The molecular weight excluding hydrogens is 195 g/mol. The van der Waals surface area contributed by atoms with Gasteiger partial charge >= 0.3 is 0 Å². The van der Waals surface area contributed by atoms with Crippen molar-refractivity contribution in [1.82, 2.24) is 4.98 Å². The number of halogens is 1. The van der Waals surface area contributed by atoms with Crippen LogP contribution in [0.1, 0.15) is 16.1 Å². The van der Waals surface area contributed by atoms with Crippen molar-refractivity contribution in [2.45, 2.75) is 6.67 Å². The first-order valence-corrected chi connectivity index (χ1v) is 4.47. The van der Waals surface area contributed by atoms with Crippen molar-refractivity contribution in [2.75, 3.05) is 0 Å². The molecule has 1 heterocycles. The Morgan fingerprint density at radius 1 is 1.40 bits per heavy atom. The number of primary amides is 1. The average molecular weight is 204 g/mol. The summed E-state index contributed by atoms with van der Waals surface area (Å²) in [4.78, 5) is 15.1. The molecule has 0 saturated carbocycles. The minimum absolute atomic E-state index is 0.0983. The first-order chi connectivity index (χ1) is 7.22. The summed E-state index contributed by atoms with van der Waals surface area (Å²) in [5.41, 5.74) is 6.05. The summed E-state index contributed by atoms with van der Waals surface area (Å²) in [5, 5.41) is 0.781. The van der Waals surface area contributed by atoms with Crippen molar-refractivity contribution >= 4 is 16.8 Å². The van der Waals surface area contributed by atoms with E-state index in [1.807, 2.05) is 6.07 Å². The lowest BCUT2D eigenvalue weighted by molar-refractivity contribution is 0.0998. The number of carbonyl (C=O) groups excluding carboxylic acids is 1. The van der Waals surface area contributed by atoms with Crippen LogP contribution in [0.2, 0.25) is 0 Å². The van der Waals surface area contributed by atoms with Crippen LogP contribution in [0.15, 0.2) is 30.3 Å². The molecule has 0 aliphatic carbocycles. The second-order valence-corrected chi connectivity index (χ2v) is 3.17. The predicted octanol–water partition coefficient (Wildman–Crippen LogP) is 1.80. The Balaban J connectivity index is 2.74. The number of carbonyl (C=O) groups is 1. The number of rotatable bonds is 2. The molecule has 0 aliphatic rings. The fourth-order valence-corrected chi connectivity index (χ4v) is 1.47. The number of benzene rings is 1. The molecule has 3 nitrogen and oxygen atoms in total. The van der Waals surface area contributed by atoms with E-state index in [4.69, 9.17) is 5.73 Å². The van der Waals surface area contributed by atoms with Gasteiger partial charge in [0.2, 0.25) is 0 Å². The molecule has 0 spiro atoms. The molecule has 0 bridgehead atoms. The molecule has 0 radical (unpaired) electrons. The Morgan fingerprint density at radius 2 is 2.13 bits per heavy atom. The van der Waals surface area contributed by atoms with Crippen LogP contribution in [0.4, 0.5) is 4.39 Å². The lowest BCUT2D eigenvalue weighted by Crippen LogP contribution is -2.14. The van der Waals surface area contributed by atoms with Crippen molar-refractivity contribution < 1.29 is 9.18 Å². The number of hydrogen-bond donors (Lipinski definition) is 1. The lowest BCUT2D eigenvalue weighted by atomic mass is 10.1. The largest absolute Gasteiger partial charge is 0.366 e. The van der Waals surface area contributed by atoms with Gasteiger partial charge in [-0.25, -0.2) is 9.37 Å². The molecule has 0 saturated heterocycles. The van der Waals surface area contributed by atoms with Crippen LogP contribution in [0.3, 0.4) is 0 Å². The summed E-state index contributed by atoms with van der Waals surface area (Å²) < 4.78 is 12.6. The molecule has 1 amide bonds. The first kappa shape index (κ1) is 9.58. The van der Waals surface area contributed by atoms with Gasteiger partial charge in [-0.2, -0.15) is 0 Å². The maximum Gasteiger partial charge on any atom is 0.250 e. The van der Waals surface area contributed by atoms with Gasteiger partial charge < -0.3 is 5.73 Å². The first-order valence-electron chi connectivity index (χ1n) is 4.47. The molecule has 4 heteroatoms. The molecule has 76 valence electrons. The van der Waals surface area contributed by atoms with Crippen LogP contribution < -0.4 is 5.73 Å². The van der Waals surface area contributed by atoms with E-state index < -0.39 is 12.6 Å². The number of aromatic nitrogens is 1. The summed E-state index contributed by atoms with van der Waals surface area (Å²) in [6.45, 7) is -0.789. The summed E-state index contributed by atoms with van der Waals surface area (Å²) in [5.74, 6) is -0.652. The zero-order chi connectivity index (χ0) is 10.8. The highest BCUT2D eigenvalue weighted by molar-refractivity contribution is 5.97. The molecule has 0 aliphatic heterocycles. The number of para-hydroxylation sites is 1. The second-order valence-electron chi connectivity index (χ2n) is 3.17. The highest BCUT2D eigenvalue weighted by Gasteiger charge is 2.10. The Kier molecular flexibility index (Phi) is 2.33. The zero-order valence-electron chi connectivity index (χ0n) is 7.90. The average Bonchev–Trinajstić information content (AvgIpc) is 2.27. The lowest BCUT2D eigenvalue weighted by Gasteiger charge is -2.04. The molecule has 2 N–H and O–H groups in total. The van der Waals surface area contributed by atoms with Gasteiger partial charge in [-0.15, -0.1) is 0 Å². The number of hydrogen-bond acceptors (Lipinski definition) is 2. The Bertz CT molecular complexity index is 525. The standard InChI is InChI=1S/C11H9FN2O/c12-6-10-8(11(13)15)5-7-3-1-2-4-9(7)14-10/h1-5H,6H2,(H2,13,15). The van der Waals surface area contributed by atoms with Gasteiger partial charge in [0.25, 0.3) is 5.91 Å². The highest BCUT2D eigenvalue weighted by Crippen LogP contribution is 2.17. The van der Waals surface area contributed by atoms with Gasteiger partial charge in [-0.05, 0) is 12.1 Å². The number of amides is 1. The number of alkyl halides is 1. The SMILES string of the molecule is NC(=O)c1cc2ccccc2nc1CF. The summed E-state index contributed by atoms with van der Waals surface area (Å²) in [6, 6.07) is 8.76. The fourth-order valence-electron chi connectivity index (χ4n) is 1.47. The predicted molar refractivity (Wildman–Crippen MR) is 55.1 cm³/mol. The van der Waals surface area contributed by atoms with Crippen LogP contribution in [-0.2, 0) is 6.67 Å². The molecule has 0 unspecified atom stereocenters.